The maximum absolute atomic E-state index is 13.2. The predicted octanol–water partition coefficient (Wildman–Crippen LogP) is 4.17. The third-order valence-electron chi connectivity index (χ3n) is 5.36. The van der Waals surface area contributed by atoms with Crippen molar-refractivity contribution in [1.29, 1.82) is 0 Å². The van der Waals surface area contributed by atoms with Gasteiger partial charge in [-0.15, -0.1) is 0 Å². The van der Waals surface area contributed by atoms with Crippen molar-refractivity contribution < 1.29 is 23.4 Å². The number of benzene rings is 2. The van der Waals surface area contributed by atoms with Gasteiger partial charge in [0.2, 0.25) is 0 Å². The fourth-order valence-electron chi connectivity index (χ4n) is 2.90. The van der Waals surface area contributed by atoms with Crippen molar-refractivity contribution in [3.8, 4) is 5.75 Å². The Bertz CT molecular complexity index is 869. The molecule has 0 saturated carbocycles. The Morgan fingerprint density at radius 3 is 2.18 bits per heavy atom. The van der Waals surface area contributed by atoms with Crippen molar-refractivity contribution in [2.45, 2.75) is 51.9 Å². The van der Waals surface area contributed by atoms with Gasteiger partial charge in [-0.05, 0) is 52.3 Å². The molecule has 6 nitrogen and oxygen atoms in total. The molecule has 3 rings (SSSR count). The fourth-order valence-corrected chi connectivity index (χ4v) is 2.90. The average Bonchev–Trinajstić information content (AvgIpc) is 2.82. The molecule has 148 valence electrons. The van der Waals surface area contributed by atoms with Crippen LogP contribution in [0.1, 0.15) is 46.3 Å². The minimum atomic E-state index is -0.721. The van der Waals surface area contributed by atoms with Crippen LogP contribution in [0.3, 0.4) is 0 Å². The minimum absolute atomic E-state index is 0.0958. The summed E-state index contributed by atoms with van der Waals surface area (Å²) in [7, 11) is -0.721. The summed E-state index contributed by atoms with van der Waals surface area (Å²) in [5.74, 6) is -0.0475. The SMILES string of the molecule is CC(Oc1cc([N+](=O)[O-])ccc1B1OC(C)(C)C(C)(C)O1)c1ccc(F)cc1. The second kappa shape index (κ2) is 7.18. The summed E-state index contributed by atoms with van der Waals surface area (Å²) in [6, 6.07) is 10.3. The molecule has 1 fully saturated rings. The van der Waals surface area contributed by atoms with Gasteiger partial charge < -0.3 is 14.0 Å². The molecule has 8 heteroatoms. The lowest BCUT2D eigenvalue weighted by molar-refractivity contribution is -0.384. The maximum Gasteiger partial charge on any atom is 0.498 e. The maximum atomic E-state index is 13.2. The molecule has 2 aromatic rings. The van der Waals surface area contributed by atoms with Crippen LogP contribution in [-0.2, 0) is 9.31 Å². The molecule has 1 aliphatic heterocycles. The van der Waals surface area contributed by atoms with E-state index in [4.69, 9.17) is 14.0 Å². The summed E-state index contributed by atoms with van der Waals surface area (Å²) in [5.41, 5.74) is 0.103. The first kappa shape index (κ1) is 20.3. The molecule has 2 aromatic carbocycles. The highest BCUT2D eigenvalue weighted by Crippen LogP contribution is 2.38. The second-order valence-corrected chi connectivity index (χ2v) is 7.88. The number of non-ortho nitro benzene ring substituents is 1. The van der Waals surface area contributed by atoms with E-state index in [2.05, 4.69) is 0 Å². The van der Waals surface area contributed by atoms with Crippen LogP contribution in [0.4, 0.5) is 10.1 Å². The van der Waals surface area contributed by atoms with Crippen LogP contribution in [-0.4, -0.2) is 23.2 Å². The summed E-state index contributed by atoms with van der Waals surface area (Å²) in [6.07, 6.45) is -0.455. The standard InChI is InChI=1S/C20H23BFNO5/c1-13(14-6-8-15(22)9-7-14)26-18-12-16(23(24)25)10-11-17(18)21-27-19(2,3)20(4,5)28-21/h6-13H,1-5H3. The monoisotopic (exact) mass is 387 g/mol. The lowest BCUT2D eigenvalue weighted by Crippen LogP contribution is -2.41. The van der Waals surface area contributed by atoms with E-state index < -0.39 is 29.3 Å². The zero-order valence-electron chi connectivity index (χ0n) is 16.6. The van der Waals surface area contributed by atoms with Gasteiger partial charge in [-0.25, -0.2) is 4.39 Å². The highest BCUT2D eigenvalue weighted by Gasteiger charge is 2.52. The van der Waals surface area contributed by atoms with Crippen molar-refractivity contribution in [2.75, 3.05) is 0 Å². The number of nitrogens with zero attached hydrogens (tertiary/aromatic N) is 1. The Balaban J connectivity index is 1.95. The Hall–Kier alpha value is -2.45. The minimum Gasteiger partial charge on any atom is -0.486 e. The Morgan fingerprint density at radius 1 is 1.07 bits per heavy atom. The molecule has 0 radical (unpaired) electrons. The first-order valence-electron chi connectivity index (χ1n) is 9.06. The van der Waals surface area contributed by atoms with Crippen LogP contribution < -0.4 is 10.2 Å². The van der Waals surface area contributed by atoms with Crippen molar-refractivity contribution in [3.05, 3.63) is 64.0 Å². The van der Waals surface area contributed by atoms with E-state index in [1.807, 2.05) is 27.7 Å². The molecule has 0 bridgehead atoms. The fraction of sp³-hybridized carbons (Fsp3) is 0.400. The van der Waals surface area contributed by atoms with Gasteiger partial charge in [0.25, 0.3) is 5.69 Å². The number of nitro benzene ring substituents is 1. The van der Waals surface area contributed by atoms with Gasteiger partial charge in [-0.1, -0.05) is 18.2 Å². The molecule has 1 heterocycles. The molecule has 1 saturated heterocycles. The van der Waals surface area contributed by atoms with Gasteiger partial charge in [0.1, 0.15) is 17.7 Å². The quantitative estimate of drug-likeness (QED) is 0.438. The number of ether oxygens (including phenoxy) is 1. The number of rotatable bonds is 5. The molecule has 0 spiro atoms. The summed E-state index contributed by atoms with van der Waals surface area (Å²) in [4.78, 5) is 10.7. The third-order valence-corrected chi connectivity index (χ3v) is 5.36. The molecular formula is C20H23BFNO5. The van der Waals surface area contributed by atoms with Crippen molar-refractivity contribution in [2.24, 2.45) is 0 Å². The molecule has 1 unspecified atom stereocenters. The summed E-state index contributed by atoms with van der Waals surface area (Å²) >= 11 is 0. The van der Waals surface area contributed by atoms with E-state index in [0.717, 1.165) is 5.56 Å². The van der Waals surface area contributed by atoms with Gasteiger partial charge in [0, 0.05) is 11.5 Å². The van der Waals surface area contributed by atoms with Gasteiger partial charge in [-0.2, -0.15) is 0 Å². The van der Waals surface area contributed by atoms with Gasteiger partial charge in [0.05, 0.1) is 22.2 Å². The zero-order valence-corrected chi connectivity index (χ0v) is 16.6. The summed E-state index contributed by atoms with van der Waals surface area (Å²) in [6.45, 7) is 9.51. The normalized spacial score (nSPS) is 18.7. The van der Waals surface area contributed by atoms with E-state index in [9.17, 15) is 14.5 Å². The predicted molar refractivity (Wildman–Crippen MR) is 104 cm³/mol. The summed E-state index contributed by atoms with van der Waals surface area (Å²) < 4.78 is 31.4. The molecule has 28 heavy (non-hydrogen) atoms. The van der Waals surface area contributed by atoms with Crippen molar-refractivity contribution in [3.63, 3.8) is 0 Å². The first-order chi connectivity index (χ1) is 13.0. The molecule has 0 aromatic heterocycles. The number of nitro groups is 1. The summed E-state index contributed by atoms with van der Waals surface area (Å²) in [5, 5.41) is 11.2. The van der Waals surface area contributed by atoms with E-state index in [-0.39, 0.29) is 11.5 Å². The lowest BCUT2D eigenvalue weighted by atomic mass is 9.78. The molecule has 1 aliphatic rings. The molecular weight excluding hydrogens is 364 g/mol. The van der Waals surface area contributed by atoms with E-state index in [1.54, 1.807) is 25.1 Å². The van der Waals surface area contributed by atoms with Gasteiger partial charge in [-0.3, -0.25) is 10.1 Å². The van der Waals surface area contributed by atoms with E-state index in [1.165, 1.54) is 24.3 Å². The Labute approximate surface area is 163 Å². The molecule has 0 amide bonds. The highest BCUT2D eigenvalue weighted by molar-refractivity contribution is 6.63. The molecule has 0 N–H and O–H groups in total. The van der Waals surface area contributed by atoms with Gasteiger partial charge >= 0.3 is 7.12 Å². The van der Waals surface area contributed by atoms with Crippen LogP contribution in [0.25, 0.3) is 0 Å². The molecule has 1 atom stereocenters. The highest BCUT2D eigenvalue weighted by atomic mass is 19.1. The zero-order chi connectivity index (χ0) is 20.7. The average molecular weight is 387 g/mol. The number of halogens is 1. The van der Waals surface area contributed by atoms with Crippen molar-refractivity contribution in [1.82, 2.24) is 0 Å². The van der Waals surface area contributed by atoms with Crippen LogP contribution in [0.15, 0.2) is 42.5 Å². The largest absolute Gasteiger partial charge is 0.498 e. The van der Waals surface area contributed by atoms with E-state index >= 15 is 0 Å². The van der Waals surface area contributed by atoms with Crippen LogP contribution in [0, 0.1) is 15.9 Å². The first-order valence-corrected chi connectivity index (χ1v) is 9.06. The Morgan fingerprint density at radius 2 is 1.64 bits per heavy atom. The third kappa shape index (κ3) is 3.88. The van der Waals surface area contributed by atoms with Crippen LogP contribution in [0.2, 0.25) is 0 Å². The topological polar surface area (TPSA) is 70.8 Å². The van der Waals surface area contributed by atoms with Gasteiger partial charge in [0.15, 0.2) is 0 Å². The van der Waals surface area contributed by atoms with Crippen molar-refractivity contribution >= 4 is 18.3 Å². The number of hydrogen-bond acceptors (Lipinski definition) is 5. The second-order valence-electron chi connectivity index (χ2n) is 7.88. The van der Waals surface area contributed by atoms with Crippen LogP contribution in [0.5, 0.6) is 5.75 Å². The van der Waals surface area contributed by atoms with E-state index in [0.29, 0.717) is 11.2 Å². The molecule has 0 aliphatic carbocycles. The Kier molecular flexibility index (Phi) is 5.21. The number of hydrogen-bond donors (Lipinski definition) is 0. The smallest absolute Gasteiger partial charge is 0.486 e. The lowest BCUT2D eigenvalue weighted by Gasteiger charge is -2.32. The van der Waals surface area contributed by atoms with Crippen LogP contribution >= 0.6 is 0 Å².